The van der Waals surface area contributed by atoms with Crippen molar-refractivity contribution in [3.05, 3.63) is 0 Å². The van der Waals surface area contributed by atoms with Crippen molar-refractivity contribution in [3.63, 3.8) is 0 Å². The molecule has 0 saturated carbocycles. The Morgan fingerprint density at radius 3 is 2.76 bits per heavy atom. The number of nitrogens with one attached hydrogen (secondary N) is 1. The van der Waals surface area contributed by atoms with Crippen LogP contribution in [0.25, 0.3) is 0 Å². The normalized spacial score (nSPS) is 31.2. The highest BCUT2D eigenvalue weighted by Gasteiger charge is 2.30. The fourth-order valence-electron chi connectivity index (χ4n) is 3.49. The monoisotopic (exact) mass is 238 g/mol. The number of nitrogens with zero attached hydrogens (tertiary/aromatic N) is 1. The highest BCUT2D eigenvalue weighted by atomic mass is 15.2. The van der Waals surface area contributed by atoms with Crippen LogP contribution in [0.15, 0.2) is 0 Å². The summed E-state index contributed by atoms with van der Waals surface area (Å²) in [4.78, 5) is 2.79. The van der Waals surface area contributed by atoms with Gasteiger partial charge in [-0.2, -0.15) is 0 Å². The molecule has 2 heterocycles. The van der Waals surface area contributed by atoms with Crippen LogP contribution in [0.3, 0.4) is 0 Å². The van der Waals surface area contributed by atoms with Crippen LogP contribution in [-0.2, 0) is 0 Å². The Balaban J connectivity index is 1.79. The lowest BCUT2D eigenvalue weighted by molar-refractivity contribution is 0.116. The minimum absolute atomic E-state index is 0.800. The van der Waals surface area contributed by atoms with Crippen LogP contribution in [0.2, 0.25) is 0 Å². The summed E-state index contributed by atoms with van der Waals surface area (Å²) < 4.78 is 0. The molecule has 2 saturated heterocycles. The maximum Gasteiger partial charge on any atom is 0.0249 e. The lowest BCUT2D eigenvalue weighted by Gasteiger charge is -2.39. The molecule has 2 nitrogen and oxygen atoms in total. The van der Waals surface area contributed by atoms with Crippen molar-refractivity contribution in [2.24, 2.45) is 5.92 Å². The maximum atomic E-state index is 3.71. The lowest BCUT2D eigenvalue weighted by Crippen LogP contribution is -2.50. The summed E-state index contributed by atoms with van der Waals surface area (Å²) >= 11 is 0. The molecule has 0 bridgehead atoms. The van der Waals surface area contributed by atoms with Crippen LogP contribution in [0.5, 0.6) is 0 Å². The molecular formula is C15H30N2. The van der Waals surface area contributed by atoms with Crippen molar-refractivity contribution in [1.82, 2.24) is 10.2 Å². The second-order valence-electron chi connectivity index (χ2n) is 6.34. The summed E-state index contributed by atoms with van der Waals surface area (Å²) in [6.45, 7) is 8.61. The molecule has 2 fully saturated rings. The summed E-state index contributed by atoms with van der Waals surface area (Å²) in [5, 5.41) is 3.71. The molecule has 0 amide bonds. The first kappa shape index (κ1) is 13.4. The van der Waals surface area contributed by atoms with E-state index in [1.54, 1.807) is 0 Å². The molecule has 2 heteroatoms. The van der Waals surface area contributed by atoms with Crippen molar-refractivity contribution >= 4 is 0 Å². The largest absolute Gasteiger partial charge is 0.312 e. The first-order valence-electron chi connectivity index (χ1n) is 7.75. The molecule has 0 aromatic heterocycles. The van der Waals surface area contributed by atoms with E-state index < -0.39 is 0 Å². The first-order chi connectivity index (χ1) is 8.27. The van der Waals surface area contributed by atoms with E-state index in [9.17, 15) is 0 Å². The minimum Gasteiger partial charge on any atom is -0.312 e. The predicted molar refractivity (Wildman–Crippen MR) is 74.3 cm³/mol. The van der Waals surface area contributed by atoms with Gasteiger partial charge in [-0.15, -0.1) is 0 Å². The molecule has 0 aliphatic carbocycles. The van der Waals surface area contributed by atoms with Crippen molar-refractivity contribution in [2.75, 3.05) is 19.6 Å². The van der Waals surface area contributed by atoms with E-state index in [1.165, 1.54) is 64.6 Å². The summed E-state index contributed by atoms with van der Waals surface area (Å²) in [6.07, 6.45) is 9.88. The first-order valence-corrected chi connectivity index (χ1v) is 7.75. The second-order valence-corrected chi connectivity index (χ2v) is 6.34. The zero-order valence-corrected chi connectivity index (χ0v) is 11.8. The fourth-order valence-corrected chi connectivity index (χ4v) is 3.49. The van der Waals surface area contributed by atoms with Crippen LogP contribution in [0.1, 0.15) is 58.8 Å². The van der Waals surface area contributed by atoms with Crippen LogP contribution in [0.4, 0.5) is 0 Å². The van der Waals surface area contributed by atoms with E-state index in [2.05, 4.69) is 24.1 Å². The summed E-state index contributed by atoms with van der Waals surface area (Å²) in [5.74, 6) is 0.864. The lowest BCUT2D eigenvalue weighted by atomic mass is 9.94. The van der Waals surface area contributed by atoms with E-state index in [0.29, 0.717) is 0 Å². The molecule has 17 heavy (non-hydrogen) atoms. The Kier molecular flexibility index (Phi) is 5.30. The molecule has 2 atom stereocenters. The van der Waals surface area contributed by atoms with Gasteiger partial charge in [-0.1, -0.05) is 20.3 Å². The fraction of sp³-hybridized carbons (Fsp3) is 1.00. The second kappa shape index (κ2) is 6.75. The molecule has 2 aliphatic rings. The van der Waals surface area contributed by atoms with E-state index in [4.69, 9.17) is 0 Å². The van der Waals surface area contributed by atoms with Gasteiger partial charge in [0.1, 0.15) is 0 Å². The third-order valence-electron chi connectivity index (χ3n) is 4.45. The van der Waals surface area contributed by atoms with Crippen molar-refractivity contribution in [3.8, 4) is 0 Å². The molecule has 0 aromatic rings. The van der Waals surface area contributed by atoms with Gasteiger partial charge in [-0.05, 0) is 64.1 Å². The van der Waals surface area contributed by atoms with Crippen LogP contribution in [0, 0.1) is 5.92 Å². The maximum absolute atomic E-state index is 3.71. The molecule has 0 spiro atoms. The molecule has 0 radical (unpaired) electrons. The van der Waals surface area contributed by atoms with Crippen molar-refractivity contribution in [1.29, 1.82) is 0 Å². The number of likely N-dealkylation sites (tertiary alicyclic amines) is 1. The number of hydrogen-bond donors (Lipinski definition) is 1. The zero-order chi connectivity index (χ0) is 12.1. The van der Waals surface area contributed by atoms with Gasteiger partial charge < -0.3 is 5.32 Å². The number of hydrogen-bond acceptors (Lipinski definition) is 2. The minimum atomic E-state index is 0.800. The average molecular weight is 238 g/mol. The van der Waals surface area contributed by atoms with E-state index in [1.807, 2.05) is 0 Å². The zero-order valence-electron chi connectivity index (χ0n) is 11.8. The van der Waals surface area contributed by atoms with Crippen LogP contribution < -0.4 is 5.32 Å². The smallest absolute Gasteiger partial charge is 0.0249 e. The van der Waals surface area contributed by atoms with Crippen molar-refractivity contribution in [2.45, 2.75) is 70.9 Å². The molecule has 2 rings (SSSR count). The van der Waals surface area contributed by atoms with Gasteiger partial charge in [0.15, 0.2) is 0 Å². The van der Waals surface area contributed by atoms with Gasteiger partial charge >= 0.3 is 0 Å². The standard InChI is InChI=1S/C15H30N2/c1-13(2)7-6-12-17-11-4-3-9-15(17)14-8-5-10-16-14/h13-16H,3-12H2,1-2H3. The van der Waals surface area contributed by atoms with E-state index in [0.717, 1.165) is 18.0 Å². The Bertz CT molecular complexity index is 209. The Labute approximate surface area is 107 Å². The van der Waals surface area contributed by atoms with E-state index in [-0.39, 0.29) is 0 Å². The number of piperidine rings is 1. The average Bonchev–Trinajstić information content (AvgIpc) is 2.82. The summed E-state index contributed by atoms with van der Waals surface area (Å²) in [6, 6.07) is 1.65. The van der Waals surface area contributed by atoms with Gasteiger partial charge in [0.05, 0.1) is 0 Å². The van der Waals surface area contributed by atoms with E-state index >= 15 is 0 Å². The molecule has 2 aliphatic heterocycles. The molecular weight excluding hydrogens is 208 g/mol. The third-order valence-corrected chi connectivity index (χ3v) is 4.45. The quantitative estimate of drug-likeness (QED) is 0.792. The molecule has 2 unspecified atom stereocenters. The van der Waals surface area contributed by atoms with Crippen LogP contribution >= 0.6 is 0 Å². The van der Waals surface area contributed by atoms with Gasteiger partial charge in [-0.3, -0.25) is 4.90 Å². The third kappa shape index (κ3) is 3.96. The van der Waals surface area contributed by atoms with Gasteiger partial charge in [0, 0.05) is 12.1 Å². The predicted octanol–water partition coefficient (Wildman–Crippen LogP) is 3.03. The van der Waals surface area contributed by atoms with Gasteiger partial charge in [0.2, 0.25) is 0 Å². The number of rotatable bonds is 5. The SMILES string of the molecule is CC(C)CCCN1CCCCC1C1CCCN1. The highest BCUT2D eigenvalue weighted by molar-refractivity contribution is 4.90. The van der Waals surface area contributed by atoms with Crippen LogP contribution in [-0.4, -0.2) is 36.6 Å². The Morgan fingerprint density at radius 1 is 1.18 bits per heavy atom. The molecule has 0 aromatic carbocycles. The molecule has 100 valence electrons. The molecule has 1 N–H and O–H groups in total. The highest BCUT2D eigenvalue weighted by Crippen LogP contribution is 2.24. The summed E-state index contributed by atoms with van der Waals surface area (Å²) in [5.41, 5.74) is 0. The topological polar surface area (TPSA) is 15.3 Å². The van der Waals surface area contributed by atoms with Gasteiger partial charge in [-0.25, -0.2) is 0 Å². The summed E-state index contributed by atoms with van der Waals surface area (Å²) in [7, 11) is 0. The van der Waals surface area contributed by atoms with Gasteiger partial charge in [0.25, 0.3) is 0 Å². The van der Waals surface area contributed by atoms with Crippen molar-refractivity contribution < 1.29 is 0 Å². The Hall–Kier alpha value is -0.0800. The Morgan fingerprint density at radius 2 is 2.06 bits per heavy atom.